The summed E-state index contributed by atoms with van der Waals surface area (Å²) in [5.74, 6) is 0.522. The van der Waals surface area contributed by atoms with Crippen LogP contribution in [0.3, 0.4) is 0 Å². The van der Waals surface area contributed by atoms with Crippen molar-refractivity contribution < 1.29 is 0 Å². The number of pyridine rings is 2. The summed E-state index contributed by atoms with van der Waals surface area (Å²) >= 11 is 0. The largest absolute Gasteiger partial charge is 0.369 e. The third-order valence-corrected chi connectivity index (χ3v) is 6.16. The summed E-state index contributed by atoms with van der Waals surface area (Å²) in [6.45, 7) is 0.958. The van der Waals surface area contributed by atoms with Crippen LogP contribution in [0.1, 0.15) is 29.2 Å². The number of fused-ring (bicyclic) bond motifs is 2. The molecule has 3 heterocycles. The molecule has 1 aliphatic carbocycles. The fourth-order valence-corrected chi connectivity index (χ4v) is 4.53. The molecule has 0 amide bonds. The number of aromatic nitrogens is 2. The molecule has 29 heavy (non-hydrogen) atoms. The van der Waals surface area contributed by atoms with Crippen LogP contribution in [0, 0.1) is 0 Å². The molecule has 0 radical (unpaired) electrons. The minimum absolute atomic E-state index is 0.522. The lowest BCUT2D eigenvalue weighted by Gasteiger charge is -2.27. The second-order valence-corrected chi connectivity index (χ2v) is 7.94. The normalized spacial score (nSPS) is 19.9. The van der Waals surface area contributed by atoms with Crippen molar-refractivity contribution in [2.75, 3.05) is 0 Å². The Morgan fingerprint density at radius 1 is 0.862 bits per heavy atom. The molecular formula is C26H21N3. The average Bonchev–Trinajstić information content (AvgIpc) is 3.60. The van der Waals surface area contributed by atoms with Gasteiger partial charge in [-0.2, -0.15) is 0 Å². The van der Waals surface area contributed by atoms with Crippen LogP contribution in [-0.4, -0.2) is 20.9 Å². The highest BCUT2D eigenvalue weighted by molar-refractivity contribution is 5.79. The Balaban J connectivity index is 1.26. The van der Waals surface area contributed by atoms with Crippen LogP contribution >= 0.6 is 0 Å². The zero-order valence-electron chi connectivity index (χ0n) is 16.1. The van der Waals surface area contributed by atoms with Gasteiger partial charge in [0, 0.05) is 48.2 Å². The van der Waals surface area contributed by atoms with Crippen LogP contribution in [0.4, 0.5) is 0 Å². The van der Waals surface area contributed by atoms with Crippen LogP contribution < -0.4 is 0 Å². The second-order valence-electron chi connectivity index (χ2n) is 7.94. The Labute approximate surface area is 170 Å². The maximum atomic E-state index is 4.92. The van der Waals surface area contributed by atoms with Gasteiger partial charge in [-0.25, -0.2) is 0 Å². The molecule has 6 rings (SSSR count). The van der Waals surface area contributed by atoms with E-state index >= 15 is 0 Å². The monoisotopic (exact) mass is 375 g/mol. The van der Waals surface area contributed by atoms with Crippen molar-refractivity contribution in [3.8, 4) is 11.1 Å². The molecule has 0 bridgehead atoms. The van der Waals surface area contributed by atoms with Crippen LogP contribution in [0.5, 0.6) is 0 Å². The minimum Gasteiger partial charge on any atom is -0.369 e. The summed E-state index contributed by atoms with van der Waals surface area (Å²) in [6, 6.07) is 24.1. The number of hydrogen-bond acceptors (Lipinski definition) is 3. The quantitative estimate of drug-likeness (QED) is 0.464. The summed E-state index contributed by atoms with van der Waals surface area (Å²) in [5, 5.41) is 1.21. The van der Waals surface area contributed by atoms with Crippen molar-refractivity contribution in [3.63, 3.8) is 0 Å². The van der Waals surface area contributed by atoms with Crippen LogP contribution in [0.15, 0.2) is 85.3 Å². The van der Waals surface area contributed by atoms with E-state index in [4.69, 9.17) is 4.98 Å². The van der Waals surface area contributed by atoms with Gasteiger partial charge in [0.2, 0.25) is 0 Å². The van der Waals surface area contributed by atoms with Gasteiger partial charge in [-0.3, -0.25) is 9.97 Å². The summed E-state index contributed by atoms with van der Waals surface area (Å²) in [5.41, 5.74) is 7.54. The average molecular weight is 375 g/mol. The molecule has 2 aliphatic rings. The molecule has 3 nitrogen and oxygen atoms in total. The first-order chi connectivity index (χ1) is 14.4. The predicted octanol–water partition coefficient (Wildman–Crippen LogP) is 5.64. The highest BCUT2D eigenvalue weighted by Gasteiger charge is 2.43. The van der Waals surface area contributed by atoms with E-state index in [1.807, 2.05) is 12.4 Å². The van der Waals surface area contributed by atoms with Crippen molar-refractivity contribution in [1.82, 2.24) is 14.9 Å². The Morgan fingerprint density at radius 2 is 1.76 bits per heavy atom. The molecule has 1 saturated carbocycles. The molecule has 2 atom stereocenters. The van der Waals surface area contributed by atoms with E-state index < -0.39 is 0 Å². The first-order valence-electron chi connectivity index (χ1n) is 10.2. The molecule has 140 valence electrons. The molecule has 2 unspecified atom stereocenters. The lowest BCUT2D eigenvalue weighted by atomic mass is 9.94. The molecule has 4 aromatic rings. The number of nitrogens with zero attached hydrogens (tertiary/aromatic N) is 3. The van der Waals surface area contributed by atoms with E-state index in [0.717, 1.165) is 12.1 Å². The number of para-hydroxylation sites is 1. The van der Waals surface area contributed by atoms with Crippen LogP contribution in [-0.2, 0) is 6.54 Å². The smallest absolute Gasteiger partial charge is 0.0705 e. The molecule has 0 N–H and O–H groups in total. The maximum Gasteiger partial charge on any atom is 0.0705 e. The second kappa shape index (κ2) is 6.56. The number of hydrogen-bond donors (Lipinski definition) is 0. The molecule has 1 aliphatic heterocycles. The van der Waals surface area contributed by atoms with Crippen molar-refractivity contribution in [2.45, 2.75) is 24.9 Å². The topological polar surface area (TPSA) is 29.0 Å². The standard InChI is InChI=1S/C26H21N3/c1-2-7-24-19(4-1)8-9-25(28-24)23-16-26(23)29-15-12-22-20(17-29)5-3-6-21(22)18-10-13-27-14-11-18/h1-15,23,26H,16-17H2. The Kier molecular flexibility index (Phi) is 3.73. The van der Waals surface area contributed by atoms with E-state index in [0.29, 0.717) is 12.0 Å². The zero-order chi connectivity index (χ0) is 19.2. The van der Waals surface area contributed by atoms with E-state index in [2.05, 4.69) is 88.9 Å². The summed E-state index contributed by atoms with van der Waals surface area (Å²) in [7, 11) is 0. The van der Waals surface area contributed by atoms with Crippen LogP contribution in [0.25, 0.3) is 28.1 Å². The molecule has 0 spiro atoms. The number of rotatable bonds is 3. The first kappa shape index (κ1) is 16.5. The molecule has 3 heteroatoms. The van der Waals surface area contributed by atoms with Gasteiger partial charge in [-0.05, 0) is 59.0 Å². The molecule has 2 aromatic heterocycles. The summed E-state index contributed by atoms with van der Waals surface area (Å²) in [6.07, 6.45) is 9.45. The predicted molar refractivity (Wildman–Crippen MR) is 117 cm³/mol. The van der Waals surface area contributed by atoms with Gasteiger partial charge in [0.15, 0.2) is 0 Å². The van der Waals surface area contributed by atoms with E-state index in [1.54, 1.807) is 0 Å². The Morgan fingerprint density at radius 3 is 2.69 bits per heavy atom. The fraction of sp³-hybridized carbons (Fsp3) is 0.154. The molecule has 2 aromatic carbocycles. The van der Waals surface area contributed by atoms with E-state index in [-0.39, 0.29) is 0 Å². The lowest BCUT2D eigenvalue weighted by Crippen LogP contribution is -2.23. The van der Waals surface area contributed by atoms with Gasteiger partial charge in [0.1, 0.15) is 0 Å². The van der Waals surface area contributed by atoms with Gasteiger partial charge >= 0.3 is 0 Å². The summed E-state index contributed by atoms with van der Waals surface area (Å²) in [4.78, 5) is 11.6. The van der Waals surface area contributed by atoms with Gasteiger partial charge in [0.05, 0.1) is 5.52 Å². The van der Waals surface area contributed by atoms with E-state index in [1.165, 1.54) is 39.8 Å². The highest BCUT2D eigenvalue weighted by atomic mass is 15.2. The third-order valence-electron chi connectivity index (χ3n) is 6.16. The molecule has 0 saturated heterocycles. The fourth-order valence-electron chi connectivity index (χ4n) is 4.53. The minimum atomic E-state index is 0.522. The van der Waals surface area contributed by atoms with Crippen molar-refractivity contribution in [3.05, 3.63) is 102 Å². The van der Waals surface area contributed by atoms with Crippen molar-refractivity contribution in [1.29, 1.82) is 0 Å². The Bertz CT molecular complexity index is 1230. The van der Waals surface area contributed by atoms with Crippen molar-refractivity contribution >= 4 is 17.0 Å². The first-order valence-corrected chi connectivity index (χ1v) is 10.2. The van der Waals surface area contributed by atoms with Crippen LogP contribution in [0.2, 0.25) is 0 Å². The lowest BCUT2D eigenvalue weighted by molar-refractivity contribution is 0.350. The van der Waals surface area contributed by atoms with Gasteiger partial charge < -0.3 is 4.90 Å². The number of benzene rings is 2. The van der Waals surface area contributed by atoms with Crippen molar-refractivity contribution in [2.24, 2.45) is 0 Å². The highest BCUT2D eigenvalue weighted by Crippen LogP contribution is 2.46. The molecule has 1 fully saturated rings. The molecular weight excluding hydrogens is 354 g/mol. The zero-order valence-corrected chi connectivity index (χ0v) is 16.1. The maximum absolute atomic E-state index is 4.92. The van der Waals surface area contributed by atoms with Gasteiger partial charge in [-0.15, -0.1) is 0 Å². The SMILES string of the molecule is C1=CN(C2CC2c2ccc3ccccc3n2)Cc2cccc(-c3ccncc3)c21. The van der Waals surface area contributed by atoms with Gasteiger partial charge in [0.25, 0.3) is 0 Å². The summed E-state index contributed by atoms with van der Waals surface area (Å²) < 4.78 is 0. The Hall–Kier alpha value is -3.46. The van der Waals surface area contributed by atoms with E-state index in [9.17, 15) is 0 Å². The third kappa shape index (κ3) is 2.90. The van der Waals surface area contributed by atoms with Gasteiger partial charge in [-0.1, -0.05) is 42.5 Å².